The van der Waals surface area contributed by atoms with Crippen LogP contribution in [-0.4, -0.2) is 55.9 Å². The third-order valence-corrected chi connectivity index (χ3v) is 5.68. The van der Waals surface area contributed by atoms with Gasteiger partial charge in [0.05, 0.1) is 17.5 Å². The van der Waals surface area contributed by atoms with Crippen molar-refractivity contribution >= 4 is 15.7 Å². The maximum Gasteiger partial charge on any atom is 0.237 e. The van der Waals surface area contributed by atoms with Gasteiger partial charge in [-0.1, -0.05) is 0 Å². The van der Waals surface area contributed by atoms with Crippen LogP contribution < -0.4 is 5.32 Å². The highest BCUT2D eigenvalue weighted by atomic mass is 32.2. The van der Waals surface area contributed by atoms with Crippen LogP contribution in [0.1, 0.15) is 32.6 Å². The number of carbonyl (C=O) groups is 1. The minimum Gasteiger partial charge on any atom is -0.352 e. The molecule has 0 spiro atoms. The molecule has 0 aromatic rings. The van der Waals surface area contributed by atoms with Crippen molar-refractivity contribution in [3.63, 3.8) is 0 Å². The summed E-state index contributed by atoms with van der Waals surface area (Å²) in [6.07, 6.45) is 3.44. The van der Waals surface area contributed by atoms with E-state index < -0.39 is 9.84 Å². The summed E-state index contributed by atoms with van der Waals surface area (Å²) in [5.41, 5.74) is 0. The third kappa shape index (κ3) is 3.45. The quantitative estimate of drug-likeness (QED) is 0.796. The maximum atomic E-state index is 12.1. The van der Waals surface area contributed by atoms with Crippen molar-refractivity contribution in [2.45, 2.75) is 44.7 Å². The number of nitrogens with one attached hydrogen (secondary N) is 1. The molecule has 1 amide bonds. The Morgan fingerprint density at radius 2 is 1.78 bits per heavy atom. The van der Waals surface area contributed by atoms with Crippen molar-refractivity contribution in [2.24, 2.45) is 0 Å². The largest absolute Gasteiger partial charge is 0.352 e. The van der Waals surface area contributed by atoms with Crippen LogP contribution >= 0.6 is 0 Å². The van der Waals surface area contributed by atoms with Crippen LogP contribution in [0.15, 0.2) is 0 Å². The molecule has 2 rings (SSSR count). The van der Waals surface area contributed by atoms with E-state index in [1.807, 2.05) is 6.92 Å². The molecule has 18 heavy (non-hydrogen) atoms. The number of hydrogen-bond acceptors (Lipinski definition) is 4. The first-order chi connectivity index (χ1) is 8.48. The van der Waals surface area contributed by atoms with Gasteiger partial charge in [0, 0.05) is 6.04 Å². The van der Waals surface area contributed by atoms with Crippen molar-refractivity contribution < 1.29 is 13.2 Å². The molecule has 2 saturated heterocycles. The van der Waals surface area contributed by atoms with E-state index in [4.69, 9.17) is 0 Å². The number of amides is 1. The summed E-state index contributed by atoms with van der Waals surface area (Å²) >= 11 is 0. The van der Waals surface area contributed by atoms with Gasteiger partial charge < -0.3 is 5.32 Å². The Hall–Kier alpha value is -0.620. The first-order valence-electron chi connectivity index (χ1n) is 6.73. The number of likely N-dealkylation sites (tertiary alicyclic amines) is 1. The molecule has 2 heterocycles. The van der Waals surface area contributed by atoms with Crippen molar-refractivity contribution in [1.29, 1.82) is 0 Å². The molecule has 0 saturated carbocycles. The molecule has 1 atom stereocenters. The van der Waals surface area contributed by atoms with Gasteiger partial charge in [-0.05, 0) is 45.7 Å². The van der Waals surface area contributed by atoms with E-state index >= 15 is 0 Å². The highest BCUT2D eigenvalue weighted by Gasteiger charge is 2.28. The molecular formula is C12H22N2O3S. The molecular weight excluding hydrogens is 252 g/mol. The van der Waals surface area contributed by atoms with Crippen LogP contribution in [0.3, 0.4) is 0 Å². The van der Waals surface area contributed by atoms with Crippen LogP contribution in [0.4, 0.5) is 0 Å². The minimum absolute atomic E-state index is 0.0334. The summed E-state index contributed by atoms with van der Waals surface area (Å²) in [5.74, 6) is 0.452. The predicted molar refractivity (Wildman–Crippen MR) is 70.1 cm³/mol. The first-order valence-corrected chi connectivity index (χ1v) is 8.55. The Kier molecular flexibility index (Phi) is 4.27. The van der Waals surface area contributed by atoms with E-state index in [0.717, 1.165) is 13.1 Å². The molecule has 0 unspecified atom stereocenters. The summed E-state index contributed by atoms with van der Waals surface area (Å²) in [5, 5.41) is 2.99. The zero-order valence-corrected chi connectivity index (χ0v) is 11.7. The molecule has 2 aliphatic heterocycles. The Bertz CT molecular complexity index is 388. The molecule has 0 aromatic carbocycles. The van der Waals surface area contributed by atoms with Gasteiger partial charge in [-0.25, -0.2) is 8.42 Å². The summed E-state index contributed by atoms with van der Waals surface area (Å²) in [6, 6.07) is -0.0582. The van der Waals surface area contributed by atoms with Crippen LogP contribution in [0.25, 0.3) is 0 Å². The SMILES string of the molecule is C[C@@H](C(=O)NC1CCS(=O)(=O)CC1)N1CCCC1. The predicted octanol–water partition coefficient (Wildman–Crippen LogP) is 0.164. The molecule has 2 aliphatic rings. The van der Waals surface area contributed by atoms with Crippen LogP contribution in [0.5, 0.6) is 0 Å². The summed E-state index contributed by atoms with van der Waals surface area (Å²) in [6.45, 7) is 3.92. The summed E-state index contributed by atoms with van der Waals surface area (Å²) in [4.78, 5) is 14.2. The maximum absolute atomic E-state index is 12.1. The fraction of sp³-hybridized carbons (Fsp3) is 0.917. The fourth-order valence-corrected chi connectivity index (χ4v) is 4.14. The number of nitrogens with zero attached hydrogens (tertiary/aromatic N) is 1. The van der Waals surface area contributed by atoms with E-state index in [-0.39, 0.29) is 29.5 Å². The molecule has 5 nitrogen and oxygen atoms in total. The van der Waals surface area contributed by atoms with E-state index in [9.17, 15) is 13.2 Å². The van der Waals surface area contributed by atoms with E-state index in [1.165, 1.54) is 12.8 Å². The average Bonchev–Trinajstić information content (AvgIpc) is 2.84. The number of rotatable bonds is 3. The Morgan fingerprint density at radius 3 is 2.33 bits per heavy atom. The summed E-state index contributed by atoms with van der Waals surface area (Å²) in [7, 11) is -2.85. The number of sulfone groups is 1. The van der Waals surface area contributed by atoms with Crippen LogP contribution in [0.2, 0.25) is 0 Å². The lowest BCUT2D eigenvalue weighted by molar-refractivity contribution is -0.126. The lowest BCUT2D eigenvalue weighted by Crippen LogP contribution is -2.49. The second-order valence-electron chi connectivity index (χ2n) is 5.35. The summed E-state index contributed by atoms with van der Waals surface area (Å²) < 4.78 is 22.6. The average molecular weight is 274 g/mol. The van der Waals surface area contributed by atoms with Gasteiger partial charge >= 0.3 is 0 Å². The number of hydrogen-bond donors (Lipinski definition) is 1. The molecule has 104 valence electrons. The molecule has 1 N–H and O–H groups in total. The monoisotopic (exact) mass is 274 g/mol. The van der Waals surface area contributed by atoms with Crippen LogP contribution in [0, 0.1) is 0 Å². The normalized spacial score (nSPS) is 26.9. The Labute approximate surface area is 109 Å². The minimum atomic E-state index is -2.85. The first kappa shape index (κ1) is 13.8. The van der Waals surface area contributed by atoms with Gasteiger partial charge in [0.2, 0.25) is 5.91 Å². The lowest BCUT2D eigenvalue weighted by atomic mass is 10.1. The van der Waals surface area contributed by atoms with Gasteiger partial charge in [0.1, 0.15) is 9.84 Å². The van der Waals surface area contributed by atoms with Crippen molar-refractivity contribution in [1.82, 2.24) is 10.2 Å². The molecule has 0 aliphatic carbocycles. The van der Waals surface area contributed by atoms with Crippen molar-refractivity contribution in [3.8, 4) is 0 Å². The molecule has 0 radical (unpaired) electrons. The van der Waals surface area contributed by atoms with Crippen molar-refractivity contribution in [3.05, 3.63) is 0 Å². The van der Waals surface area contributed by atoms with E-state index in [0.29, 0.717) is 12.8 Å². The highest BCUT2D eigenvalue weighted by molar-refractivity contribution is 7.91. The smallest absolute Gasteiger partial charge is 0.237 e. The van der Waals surface area contributed by atoms with Gasteiger partial charge in [0.25, 0.3) is 0 Å². The van der Waals surface area contributed by atoms with Gasteiger partial charge in [0.15, 0.2) is 0 Å². The standard InChI is InChI=1S/C12H22N2O3S/c1-10(14-6-2-3-7-14)12(15)13-11-4-8-18(16,17)9-5-11/h10-11H,2-9H2,1H3,(H,13,15)/t10-/m0/s1. The second kappa shape index (κ2) is 5.57. The topological polar surface area (TPSA) is 66.5 Å². The van der Waals surface area contributed by atoms with Crippen LogP contribution in [-0.2, 0) is 14.6 Å². The van der Waals surface area contributed by atoms with Gasteiger partial charge in [-0.2, -0.15) is 0 Å². The molecule has 0 aromatic heterocycles. The fourth-order valence-electron chi connectivity index (χ4n) is 2.65. The number of carbonyl (C=O) groups excluding carboxylic acids is 1. The van der Waals surface area contributed by atoms with Crippen molar-refractivity contribution in [2.75, 3.05) is 24.6 Å². The Morgan fingerprint density at radius 1 is 1.22 bits per heavy atom. The molecule has 2 fully saturated rings. The highest BCUT2D eigenvalue weighted by Crippen LogP contribution is 2.14. The van der Waals surface area contributed by atoms with E-state index in [1.54, 1.807) is 0 Å². The zero-order chi connectivity index (χ0) is 13.2. The third-order valence-electron chi connectivity index (χ3n) is 3.97. The molecule has 0 bridgehead atoms. The lowest BCUT2D eigenvalue weighted by Gasteiger charge is -2.28. The van der Waals surface area contributed by atoms with Gasteiger partial charge in [-0.3, -0.25) is 9.69 Å². The van der Waals surface area contributed by atoms with Gasteiger partial charge in [-0.15, -0.1) is 0 Å². The Balaban J connectivity index is 1.80. The molecule has 6 heteroatoms. The zero-order valence-electron chi connectivity index (χ0n) is 10.9. The second-order valence-corrected chi connectivity index (χ2v) is 7.66. The van der Waals surface area contributed by atoms with E-state index in [2.05, 4.69) is 10.2 Å².